The summed E-state index contributed by atoms with van der Waals surface area (Å²) in [5.74, 6) is 0.521. The molecule has 0 saturated heterocycles. The van der Waals surface area contributed by atoms with Crippen LogP contribution < -0.4 is 0 Å². The molecule has 90 valence electrons. The molecule has 1 aromatic heterocycles. The summed E-state index contributed by atoms with van der Waals surface area (Å²) in [4.78, 5) is 0. The molecule has 0 atom stereocenters. The van der Waals surface area contributed by atoms with Crippen LogP contribution in [-0.2, 0) is 6.54 Å². The minimum atomic E-state index is -0.379. The van der Waals surface area contributed by atoms with E-state index in [-0.39, 0.29) is 5.82 Å². The zero-order valence-electron chi connectivity index (χ0n) is 9.69. The molecule has 0 aliphatic heterocycles. The molecule has 2 rings (SSSR count). The molecule has 3 nitrogen and oxygen atoms in total. The van der Waals surface area contributed by atoms with E-state index in [1.165, 1.54) is 6.07 Å². The highest BCUT2D eigenvalue weighted by molar-refractivity contribution is 6.33. The van der Waals surface area contributed by atoms with Gasteiger partial charge in [-0.15, -0.1) is 10.2 Å². The van der Waals surface area contributed by atoms with E-state index in [9.17, 15) is 4.39 Å². The SMILES string of the molecule is CC(C)Cn1cnnc1-c1c(F)cccc1Cl. The molecule has 2 aromatic rings. The van der Waals surface area contributed by atoms with Gasteiger partial charge in [0.2, 0.25) is 0 Å². The highest BCUT2D eigenvalue weighted by atomic mass is 35.5. The summed E-state index contributed by atoms with van der Waals surface area (Å²) in [5.41, 5.74) is 0.312. The van der Waals surface area contributed by atoms with Crippen molar-refractivity contribution >= 4 is 11.6 Å². The van der Waals surface area contributed by atoms with Gasteiger partial charge in [-0.3, -0.25) is 0 Å². The summed E-state index contributed by atoms with van der Waals surface area (Å²) < 4.78 is 15.6. The van der Waals surface area contributed by atoms with Crippen LogP contribution in [0.15, 0.2) is 24.5 Å². The monoisotopic (exact) mass is 253 g/mol. The predicted octanol–water partition coefficient (Wildman–Crippen LogP) is 3.39. The van der Waals surface area contributed by atoms with Gasteiger partial charge in [-0.1, -0.05) is 31.5 Å². The zero-order valence-corrected chi connectivity index (χ0v) is 10.4. The number of rotatable bonds is 3. The average molecular weight is 254 g/mol. The van der Waals surface area contributed by atoms with E-state index < -0.39 is 0 Å². The fourth-order valence-electron chi connectivity index (χ4n) is 1.69. The van der Waals surface area contributed by atoms with E-state index in [2.05, 4.69) is 24.0 Å². The normalized spacial score (nSPS) is 11.1. The average Bonchev–Trinajstić information content (AvgIpc) is 2.65. The van der Waals surface area contributed by atoms with Crippen molar-refractivity contribution in [1.29, 1.82) is 0 Å². The number of hydrogen-bond donors (Lipinski definition) is 0. The van der Waals surface area contributed by atoms with Crippen LogP contribution in [0.5, 0.6) is 0 Å². The van der Waals surface area contributed by atoms with Crippen molar-refractivity contribution < 1.29 is 4.39 Å². The molecule has 0 spiro atoms. The van der Waals surface area contributed by atoms with Crippen molar-refractivity contribution in [3.05, 3.63) is 35.4 Å². The van der Waals surface area contributed by atoms with Gasteiger partial charge in [-0.25, -0.2) is 4.39 Å². The second-order valence-electron chi connectivity index (χ2n) is 4.30. The number of hydrogen-bond acceptors (Lipinski definition) is 2. The summed E-state index contributed by atoms with van der Waals surface area (Å²) in [6, 6.07) is 4.59. The molecular formula is C12H13ClFN3. The first-order valence-electron chi connectivity index (χ1n) is 5.41. The Bertz CT molecular complexity index is 502. The Morgan fingerprint density at radius 1 is 1.41 bits per heavy atom. The van der Waals surface area contributed by atoms with Gasteiger partial charge in [0.05, 0.1) is 10.6 Å². The molecule has 1 heterocycles. The first kappa shape index (κ1) is 12.0. The Balaban J connectivity index is 2.50. The Kier molecular flexibility index (Phi) is 3.43. The Labute approximate surface area is 104 Å². The highest BCUT2D eigenvalue weighted by Gasteiger charge is 2.16. The molecule has 0 unspecified atom stereocenters. The Hall–Kier alpha value is -1.42. The lowest BCUT2D eigenvalue weighted by atomic mass is 10.1. The second kappa shape index (κ2) is 4.84. The van der Waals surface area contributed by atoms with Crippen molar-refractivity contribution in [2.75, 3.05) is 0 Å². The summed E-state index contributed by atoms with van der Waals surface area (Å²) in [6.45, 7) is 4.88. The van der Waals surface area contributed by atoms with Crippen LogP contribution in [0, 0.1) is 11.7 Å². The van der Waals surface area contributed by atoms with E-state index in [4.69, 9.17) is 11.6 Å². The molecule has 5 heteroatoms. The molecule has 0 amide bonds. The molecule has 0 saturated carbocycles. The van der Waals surface area contributed by atoms with E-state index in [1.807, 2.05) is 4.57 Å². The summed E-state index contributed by atoms with van der Waals surface area (Å²) >= 11 is 6.01. The Morgan fingerprint density at radius 2 is 2.18 bits per heavy atom. The van der Waals surface area contributed by atoms with Crippen molar-refractivity contribution in [2.45, 2.75) is 20.4 Å². The van der Waals surface area contributed by atoms with E-state index >= 15 is 0 Å². The highest BCUT2D eigenvalue weighted by Crippen LogP contribution is 2.29. The quantitative estimate of drug-likeness (QED) is 0.839. The third kappa shape index (κ3) is 2.47. The lowest BCUT2D eigenvalue weighted by Crippen LogP contribution is -2.06. The second-order valence-corrected chi connectivity index (χ2v) is 4.70. The van der Waals surface area contributed by atoms with Gasteiger partial charge in [0.1, 0.15) is 12.1 Å². The van der Waals surface area contributed by atoms with Gasteiger partial charge in [0, 0.05) is 6.54 Å². The number of halogens is 2. The largest absolute Gasteiger partial charge is 0.313 e. The molecule has 0 radical (unpaired) electrons. The van der Waals surface area contributed by atoms with Gasteiger partial charge in [-0.2, -0.15) is 0 Å². The van der Waals surface area contributed by atoms with Crippen molar-refractivity contribution in [1.82, 2.24) is 14.8 Å². The first-order valence-corrected chi connectivity index (χ1v) is 5.79. The smallest absolute Gasteiger partial charge is 0.168 e. The minimum absolute atomic E-state index is 0.312. The zero-order chi connectivity index (χ0) is 12.4. The molecule has 0 bridgehead atoms. The lowest BCUT2D eigenvalue weighted by molar-refractivity contribution is 0.523. The van der Waals surface area contributed by atoms with Gasteiger partial charge < -0.3 is 4.57 Å². The maximum Gasteiger partial charge on any atom is 0.168 e. The van der Waals surface area contributed by atoms with E-state index in [0.717, 1.165) is 6.54 Å². The number of benzene rings is 1. The fraction of sp³-hybridized carbons (Fsp3) is 0.333. The summed E-state index contributed by atoms with van der Waals surface area (Å²) in [7, 11) is 0. The first-order chi connectivity index (χ1) is 8.09. The van der Waals surface area contributed by atoms with Gasteiger partial charge >= 0.3 is 0 Å². The maximum atomic E-state index is 13.8. The fourth-order valence-corrected chi connectivity index (χ4v) is 1.93. The molecule has 17 heavy (non-hydrogen) atoms. The third-order valence-corrected chi connectivity index (χ3v) is 2.68. The van der Waals surface area contributed by atoms with Gasteiger partial charge in [0.15, 0.2) is 5.82 Å². The maximum absolute atomic E-state index is 13.8. The number of nitrogens with zero attached hydrogens (tertiary/aromatic N) is 3. The van der Waals surface area contributed by atoms with Gasteiger partial charge in [0.25, 0.3) is 0 Å². The van der Waals surface area contributed by atoms with E-state index in [1.54, 1.807) is 18.5 Å². The topological polar surface area (TPSA) is 30.7 Å². The van der Waals surface area contributed by atoms with Crippen molar-refractivity contribution in [3.63, 3.8) is 0 Å². The molecule has 0 N–H and O–H groups in total. The summed E-state index contributed by atoms with van der Waals surface area (Å²) in [5, 5.41) is 8.12. The van der Waals surface area contributed by atoms with Crippen molar-refractivity contribution in [2.24, 2.45) is 5.92 Å². The van der Waals surface area contributed by atoms with Crippen LogP contribution in [0.4, 0.5) is 4.39 Å². The van der Waals surface area contributed by atoms with Crippen LogP contribution in [0.25, 0.3) is 11.4 Å². The predicted molar refractivity (Wildman–Crippen MR) is 65.3 cm³/mol. The number of aromatic nitrogens is 3. The van der Waals surface area contributed by atoms with Gasteiger partial charge in [-0.05, 0) is 18.1 Å². The molecule has 0 fully saturated rings. The van der Waals surface area contributed by atoms with E-state index in [0.29, 0.717) is 22.3 Å². The van der Waals surface area contributed by atoms with Crippen LogP contribution in [0.2, 0.25) is 5.02 Å². The van der Waals surface area contributed by atoms with Crippen LogP contribution in [-0.4, -0.2) is 14.8 Å². The molecular weight excluding hydrogens is 241 g/mol. The van der Waals surface area contributed by atoms with Crippen molar-refractivity contribution in [3.8, 4) is 11.4 Å². The molecule has 0 aliphatic carbocycles. The molecule has 0 aliphatic rings. The standard InChI is InChI=1S/C12H13ClFN3/c1-8(2)6-17-7-15-16-12(17)11-9(13)4-3-5-10(11)14/h3-5,7-8H,6H2,1-2H3. The Morgan fingerprint density at radius 3 is 2.82 bits per heavy atom. The lowest BCUT2D eigenvalue weighted by Gasteiger charge is -2.10. The summed E-state index contributed by atoms with van der Waals surface area (Å²) in [6.07, 6.45) is 1.60. The molecule has 1 aromatic carbocycles. The van der Waals surface area contributed by atoms with Crippen LogP contribution in [0.1, 0.15) is 13.8 Å². The third-order valence-electron chi connectivity index (χ3n) is 2.36. The minimum Gasteiger partial charge on any atom is -0.313 e. The van der Waals surface area contributed by atoms with Crippen LogP contribution >= 0.6 is 11.6 Å². The van der Waals surface area contributed by atoms with Crippen LogP contribution in [0.3, 0.4) is 0 Å².